The van der Waals surface area contributed by atoms with Crippen molar-refractivity contribution in [2.45, 2.75) is 57.0 Å². The van der Waals surface area contributed by atoms with Crippen LogP contribution in [-0.4, -0.2) is 78.9 Å². The van der Waals surface area contributed by atoms with Crippen LogP contribution in [0.25, 0.3) is 0 Å². The van der Waals surface area contributed by atoms with Crippen LogP contribution in [0.3, 0.4) is 0 Å². The van der Waals surface area contributed by atoms with Crippen LogP contribution in [0.5, 0.6) is 0 Å². The molecule has 1 atom stereocenters. The van der Waals surface area contributed by atoms with Crippen molar-refractivity contribution in [3.8, 4) is 0 Å². The number of likely N-dealkylation sites (N-methyl/N-ethyl adjacent to an activating group) is 1. The largest absolute Gasteiger partial charge is 0.354 e. The Morgan fingerprint density at radius 2 is 1.90 bits per heavy atom. The Morgan fingerprint density at radius 3 is 2.47 bits per heavy atom. The van der Waals surface area contributed by atoms with Gasteiger partial charge in [0.15, 0.2) is 5.96 Å². The van der Waals surface area contributed by atoms with Crippen LogP contribution in [0, 0.1) is 5.92 Å². The summed E-state index contributed by atoms with van der Waals surface area (Å²) in [6, 6.07) is 0.777. The van der Waals surface area contributed by atoms with Gasteiger partial charge in [-0.2, -0.15) is 5.10 Å². The van der Waals surface area contributed by atoms with Crippen LogP contribution < -0.4 is 10.6 Å². The third-order valence-corrected chi connectivity index (χ3v) is 6.59. The number of aryl methyl sites for hydroxylation is 1. The summed E-state index contributed by atoms with van der Waals surface area (Å²) >= 11 is 0. The van der Waals surface area contributed by atoms with E-state index in [2.05, 4.69) is 50.8 Å². The summed E-state index contributed by atoms with van der Waals surface area (Å²) in [5.41, 5.74) is 1.22. The molecule has 0 spiro atoms. The highest BCUT2D eigenvalue weighted by atomic mass is 127. The van der Waals surface area contributed by atoms with Gasteiger partial charge >= 0.3 is 0 Å². The number of halogens is 1. The highest BCUT2D eigenvalue weighted by molar-refractivity contribution is 14.0. The van der Waals surface area contributed by atoms with Gasteiger partial charge in [-0.3, -0.25) is 9.67 Å². The van der Waals surface area contributed by atoms with E-state index in [1.165, 1.54) is 70.1 Å². The van der Waals surface area contributed by atoms with Crippen LogP contribution in [0.15, 0.2) is 17.4 Å². The van der Waals surface area contributed by atoms with E-state index in [0.717, 1.165) is 18.4 Å². The maximum Gasteiger partial charge on any atom is 0.191 e. The van der Waals surface area contributed by atoms with Gasteiger partial charge in [-0.05, 0) is 45.7 Å². The summed E-state index contributed by atoms with van der Waals surface area (Å²) in [6.45, 7) is 4.54. The molecule has 30 heavy (non-hydrogen) atoms. The first-order valence-electron chi connectivity index (χ1n) is 11.4. The first-order valence-corrected chi connectivity index (χ1v) is 11.4. The molecule has 2 aliphatic rings. The molecule has 1 saturated heterocycles. The maximum atomic E-state index is 4.47. The van der Waals surface area contributed by atoms with Crippen molar-refractivity contribution in [3.05, 3.63) is 18.0 Å². The predicted octanol–water partition coefficient (Wildman–Crippen LogP) is 2.85. The zero-order chi connectivity index (χ0) is 20.6. The second-order valence-corrected chi connectivity index (χ2v) is 9.10. The molecule has 1 saturated carbocycles. The molecule has 1 aromatic heterocycles. The molecule has 0 amide bonds. The molecule has 7 nitrogen and oxygen atoms in total. The van der Waals surface area contributed by atoms with E-state index in [4.69, 9.17) is 0 Å². The average Bonchev–Trinajstić information content (AvgIpc) is 3.15. The highest BCUT2D eigenvalue weighted by Gasteiger charge is 2.24. The topological polar surface area (TPSA) is 60.7 Å². The van der Waals surface area contributed by atoms with Gasteiger partial charge in [-0.15, -0.1) is 24.0 Å². The first kappa shape index (κ1) is 25.4. The number of aliphatic imine (C=N–C) groups is 1. The van der Waals surface area contributed by atoms with Crippen LogP contribution >= 0.6 is 24.0 Å². The van der Waals surface area contributed by atoms with Crippen LogP contribution in [0.4, 0.5) is 0 Å². The summed E-state index contributed by atoms with van der Waals surface area (Å²) in [5.74, 6) is 1.85. The Bertz CT molecular complexity index is 631. The zero-order valence-electron chi connectivity index (χ0n) is 19.3. The first-order chi connectivity index (χ1) is 14.0. The molecule has 0 radical (unpaired) electrons. The number of rotatable bonds is 7. The third kappa shape index (κ3) is 7.67. The van der Waals surface area contributed by atoms with Crippen molar-refractivity contribution >= 4 is 29.9 Å². The van der Waals surface area contributed by atoms with Crippen molar-refractivity contribution < 1.29 is 0 Å². The molecule has 2 fully saturated rings. The number of nitrogens with zero attached hydrogens (tertiary/aromatic N) is 5. The Kier molecular flexibility index (Phi) is 10.9. The highest BCUT2D eigenvalue weighted by Crippen LogP contribution is 2.25. The van der Waals surface area contributed by atoms with Crippen molar-refractivity contribution in [2.75, 3.05) is 47.3 Å². The van der Waals surface area contributed by atoms with Crippen molar-refractivity contribution in [3.63, 3.8) is 0 Å². The number of aromatic nitrogens is 2. The number of piperidine rings is 1. The number of hydrogen-bond donors (Lipinski definition) is 2. The lowest BCUT2D eigenvalue weighted by atomic mass is 9.88. The van der Waals surface area contributed by atoms with Crippen LogP contribution in [0.2, 0.25) is 0 Å². The fraction of sp³-hybridized carbons (Fsp3) is 0.818. The van der Waals surface area contributed by atoms with Crippen LogP contribution in [0.1, 0.15) is 56.6 Å². The van der Waals surface area contributed by atoms with E-state index in [1.807, 2.05) is 25.0 Å². The third-order valence-electron chi connectivity index (χ3n) is 6.59. The van der Waals surface area contributed by atoms with Crippen LogP contribution in [-0.2, 0) is 7.05 Å². The molecular formula is C22H42IN7. The van der Waals surface area contributed by atoms with Gasteiger partial charge in [0.2, 0.25) is 0 Å². The molecule has 1 aliphatic heterocycles. The van der Waals surface area contributed by atoms with Gasteiger partial charge in [-0.1, -0.05) is 19.3 Å². The Labute approximate surface area is 200 Å². The smallest absolute Gasteiger partial charge is 0.191 e. The molecular weight excluding hydrogens is 489 g/mol. The normalized spacial score (nSPS) is 20.8. The number of likely N-dealkylation sites (tertiary alicyclic amines) is 1. The quantitative estimate of drug-likeness (QED) is 0.322. The van der Waals surface area contributed by atoms with Crippen molar-refractivity contribution in [1.29, 1.82) is 0 Å². The molecule has 0 bridgehead atoms. The Morgan fingerprint density at radius 1 is 1.20 bits per heavy atom. The Balaban J connectivity index is 0.00000320. The lowest BCUT2D eigenvalue weighted by Crippen LogP contribution is -2.50. The van der Waals surface area contributed by atoms with Crippen molar-refractivity contribution in [2.24, 2.45) is 18.0 Å². The minimum Gasteiger partial charge on any atom is -0.354 e. The van der Waals surface area contributed by atoms with E-state index in [0.29, 0.717) is 6.04 Å². The molecule has 0 aromatic carbocycles. The van der Waals surface area contributed by atoms with Gasteiger partial charge in [0.1, 0.15) is 0 Å². The van der Waals surface area contributed by atoms with Gasteiger partial charge in [0.05, 0.1) is 12.2 Å². The molecule has 2 heterocycles. The van der Waals surface area contributed by atoms with Gasteiger partial charge < -0.3 is 20.4 Å². The number of guanidine groups is 1. The van der Waals surface area contributed by atoms with E-state index in [9.17, 15) is 0 Å². The van der Waals surface area contributed by atoms with E-state index >= 15 is 0 Å². The van der Waals surface area contributed by atoms with E-state index in [-0.39, 0.29) is 30.0 Å². The lowest BCUT2D eigenvalue weighted by Gasteiger charge is -2.36. The van der Waals surface area contributed by atoms with Gasteiger partial charge in [0, 0.05) is 58.1 Å². The van der Waals surface area contributed by atoms with E-state index < -0.39 is 0 Å². The molecule has 2 N–H and O–H groups in total. The Hall–Kier alpha value is -0.870. The average molecular weight is 532 g/mol. The predicted molar refractivity (Wildman–Crippen MR) is 136 cm³/mol. The molecule has 8 heteroatoms. The summed E-state index contributed by atoms with van der Waals surface area (Å²) in [7, 11) is 8.04. The fourth-order valence-electron chi connectivity index (χ4n) is 4.79. The van der Waals surface area contributed by atoms with Crippen molar-refractivity contribution in [1.82, 2.24) is 30.2 Å². The van der Waals surface area contributed by atoms with Gasteiger partial charge in [-0.25, -0.2) is 0 Å². The maximum absolute atomic E-state index is 4.47. The summed E-state index contributed by atoms with van der Waals surface area (Å²) in [5, 5.41) is 11.5. The second-order valence-electron chi connectivity index (χ2n) is 9.10. The fourth-order valence-corrected chi connectivity index (χ4v) is 4.79. The zero-order valence-corrected chi connectivity index (χ0v) is 21.6. The summed E-state index contributed by atoms with van der Waals surface area (Å²) in [4.78, 5) is 9.38. The molecule has 3 rings (SSSR count). The SMILES string of the molecule is CN=C(NCC(c1cnn(C)c1)N(C)C)NC1CCN(CC2CCCCC2)CC1.I. The summed E-state index contributed by atoms with van der Waals surface area (Å²) < 4.78 is 1.86. The molecule has 1 aliphatic carbocycles. The number of hydrogen-bond acceptors (Lipinski definition) is 4. The molecule has 172 valence electrons. The minimum atomic E-state index is 0. The summed E-state index contributed by atoms with van der Waals surface area (Å²) in [6.07, 6.45) is 13.7. The monoisotopic (exact) mass is 531 g/mol. The van der Waals surface area contributed by atoms with E-state index in [1.54, 1.807) is 0 Å². The van der Waals surface area contributed by atoms with Gasteiger partial charge in [0.25, 0.3) is 0 Å². The second kappa shape index (κ2) is 12.9. The minimum absolute atomic E-state index is 0. The number of nitrogens with one attached hydrogen (secondary N) is 2. The lowest BCUT2D eigenvalue weighted by molar-refractivity contribution is 0.160. The standard InChI is InChI=1S/C22H41N7.HI/c1-23-22(24-15-21(27(2)3)19-14-25-28(4)17-19)26-20-10-12-29(13-11-20)16-18-8-6-5-7-9-18;/h14,17-18,20-21H,5-13,15-16H2,1-4H3,(H2,23,24,26);1H. The molecule has 1 unspecified atom stereocenters. The molecule has 1 aromatic rings.